The van der Waals surface area contributed by atoms with Crippen LogP contribution in [0.2, 0.25) is 0 Å². The summed E-state index contributed by atoms with van der Waals surface area (Å²) in [5, 5.41) is 0. The van der Waals surface area contributed by atoms with Gasteiger partial charge in [0.15, 0.2) is 0 Å². The Labute approximate surface area is 44.0 Å². The second-order valence-electron chi connectivity index (χ2n) is 1.66. The summed E-state index contributed by atoms with van der Waals surface area (Å²) in [5.41, 5.74) is 0. The highest BCUT2D eigenvalue weighted by atomic mass is 16.5. The van der Waals surface area contributed by atoms with Crippen LogP contribution in [0.15, 0.2) is 12.2 Å². The van der Waals surface area contributed by atoms with Crippen LogP contribution in [0.4, 0.5) is 0 Å². The first-order chi connectivity index (χ1) is 3.39. The van der Waals surface area contributed by atoms with Crippen molar-refractivity contribution in [2.24, 2.45) is 0 Å². The van der Waals surface area contributed by atoms with E-state index in [0.717, 1.165) is 13.0 Å². The van der Waals surface area contributed by atoms with Gasteiger partial charge in [-0.3, -0.25) is 0 Å². The molecule has 0 bridgehead atoms. The molecule has 1 radical (unpaired) electrons. The molecule has 0 aromatic heterocycles. The van der Waals surface area contributed by atoms with Gasteiger partial charge in [-0.2, -0.15) is 0 Å². The molecule has 1 nitrogen and oxygen atoms in total. The van der Waals surface area contributed by atoms with Gasteiger partial charge in [-0.15, -0.1) is 0 Å². The Balaban J connectivity index is 2.32. The van der Waals surface area contributed by atoms with Gasteiger partial charge in [0.25, 0.3) is 0 Å². The van der Waals surface area contributed by atoms with E-state index in [1.165, 1.54) is 0 Å². The molecule has 0 N–H and O–H groups in total. The van der Waals surface area contributed by atoms with Crippen molar-refractivity contribution in [3.05, 3.63) is 19.1 Å². The van der Waals surface area contributed by atoms with Crippen LogP contribution in [0.1, 0.15) is 6.42 Å². The Bertz CT molecular complexity index is 76.2. The summed E-state index contributed by atoms with van der Waals surface area (Å²) in [7, 11) is 0. The zero-order valence-electron chi connectivity index (χ0n) is 4.26. The van der Waals surface area contributed by atoms with Gasteiger partial charge in [0, 0.05) is 0 Å². The molecule has 0 spiro atoms. The summed E-state index contributed by atoms with van der Waals surface area (Å²) in [5.74, 6) is 0. The molecule has 1 aliphatic rings. The third kappa shape index (κ3) is 1.32. The molecule has 0 aromatic rings. The fourth-order valence-electron chi connectivity index (χ4n) is 0.576. The van der Waals surface area contributed by atoms with Crippen molar-refractivity contribution in [2.45, 2.75) is 12.5 Å². The van der Waals surface area contributed by atoms with Crippen molar-refractivity contribution in [3.8, 4) is 0 Å². The van der Waals surface area contributed by atoms with E-state index in [0.29, 0.717) is 0 Å². The van der Waals surface area contributed by atoms with Gasteiger partial charge >= 0.3 is 0 Å². The highest BCUT2D eigenvalue weighted by Gasteiger charge is 2.00. The summed E-state index contributed by atoms with van der Waals surface area (Å²) >= 11 is 0. The zero-order valence-corrected chi connectivity index (χ0v) is 4.26. The molecule has 1 aliphatic heterocycles. The predicted molar refractivity (Wildman–Crippen MR) is 28.9 cm³/mol. The summed E-state index contributed by atoms with van der Waals surface area (Å²) in [6, 6.07) is 0. The molecule has 1 rings (SSSR count). The molecule has 39 valence electrons. The van der Waals surface area contributed by atoms with E-state index in [4.69, 9.17) is 4.74 Å². The predicted octanol–water partition coefficient (Wildman–Crippen LogP) is 1.17. The number of ether oxygens (including phenoxy) is 1. The minimum atomic E-state index is 0.199. The summed E-state index contributed by atoms with van der Waals surface area (Å²) in [4.78, 5) is 0. The molecule has 0 fully saturated rings. The molecule has 7 heavy (non-hydrogen) atoms. The fraction of sp³-hybridized carbons (Fsp3) is 0.500. The molecule has 0 amide bonds. The fourth-order valence-corrected chi connectivity index (χ4v) is 0.576. The maximum Gasteiger partial charge on any atom is 0.0651 e. The Morgan fingerprint density at radius 3 is 2.71 bits per heavy atom. The van der Waals surface area contributed by atoms with Crippen LogP contribution in [0.25, 0.3) is 0 Å². The van der Waals surface area contributed by atoms with Crippen molar-refractivity contribution in [2.75, 3.05) is 6.61 Å². The first-order valence-corrected chi connectivity index (χ1v) is 2.49. The molecule has 0 saturated carbocycles. The number of hydrogen-bond donors (Lipinski definition) is 0. The van der Waals surface area contributed by atoms with Crippen molar-refractivity contribution in [1.82, 2.24) is 0 Å². The third-order valence-corrected chi connectivity index (χ3v) is 0.994. The number of hydrogen-bond acceptors (Lipinski definition) is 1. The van der Waals surface area contributed by atoms with Crippen LogP contribution in [0.5, 0.6) is 0 Å². The zero-order chi connectivity index (χ0) is 5.11. The average Bonchev–Trinajstić information content (AvgIpc) is 1.69. The SMILES string of the molecule is [CH2]C1CC=CCO1. The van der Waals surface area contributed by atoms with Crippen LogP contribution in [0, 0.1) is 6.92 Å². The third-order valence-electron chi connectivity index (χ3n) is 0.994. The molecule has 1 atom stereocenters. The van der Waals surface area contributed by atoms with Crippen LogP contribution < -0.4 is 0 Å². The van der Waals surface area contributed by atoms with Gasteiger partial charge in [-0.25, -0.2) is 0 Å². The van der Waals surface area contributed by atoms with Crippen LogP contribution in [-0.4, -0.2) is 12.7 Å². The monoisotopic (exact) mass is 97.1 g/mol. The maximum absolute atomic E-state index is 5.08. The van der Waals surface area contributed by atoms with Gasteiger partial charge in [0.1, 0.15) is 0 Å². The molecular weight excluding hydrogens is 88.1 g/mol. The van der Waals surface area contributed by atoms with Gasteiger partial charge in [-0.05, 0) is 13.3 Å². The molecule has 0 aromatic carbocycles. The minimum absolute atomic E-state index is 0.199. The molecule has 1 unspecified atom stereocenters. The highest BCUT2D eigenvalue weighted by molar-refractivity contribution is 4.89. The van der Waals surface area contributed by atoms with E-state index in [9.17, 15) is 0 Å². The van der Waals surface area contributed by atoms with E-state index in [-0.39, 0.29) is 6.10 Å². The second-order valence-corrected chi connectivity index (χ2v) is 1.66. The van der Waals surface area contributed by atoms with Crippen molar-refractivity contribution in [3.63, 3.8) is 0 Å². The lowest BCUT2D eigenvalue weighted by Gasteiger charge is -2.11. The van der Waals surface area contributed by atoms with Gasteiger partial charge in [0.2, 0.25) is 0 Å². The number of rotatable bonds is 0. The maximum atomic E-state index is 5.08. The molecular formula is C6H9O. The Morgan fingerprint density at radius 1 is 1.57 bits per heavy atom. The van der Waals surface area contributed by atoms with Crippen molar-refractivity contribution >= 4 is 0 Å². The molecule has 1 heterocycles. The van der Waals surface area contributed by atoms with E-state index in [2.05, 4.69) is 13.0 Å². The van der Waals surface area contributed by atoms with Gasteiger partial charge in [-0.1, -0.05) is 12.2 Å². The summed E-state index contributed by atoms with van der Waals surface area (Å²) in [6.45, 7) is 4.47. The molecule has 0 aliphatic carbocycles. The van der Waals surface area contributed by atoms with E-state index >= 15 is 0 Å². The van der Waals surface area contributed by atoms with Crippen LogP contribution in [-0.2, 0) is 4.74 Å². The van der Waals surface area contributed by atoms with Crippen LogP contribution in [0.3, 0.4) is 0 Å². The topological polar surface area (TPSA) is 9.23 Å². The van der Waals surface area contributed by atoms with E-state index in [1.807, 2.05) is 6.08 Å². The first-order valence-electron chi connectivity index (χ1n) is 2.49. The molecule has 1 heteroatoms. The first kappa shape index (κ1) is 4.85. The average molecular weight is 97.1 g/mol. The Kier molecular flexibility index (Phi) is 1.47. The van der Waals surface area contributed by atoms with Crippen molar-refractivity contribution in [1.29, 1.82) is 0 Å². The normalized spacial score (nSPS) is 30.7. The quantitative estimate of drug-likeness (QED) is 0.412. The highest BCUT2D eigenvalue weighted by Crippen LogP contribution is 2.02. The standard InChI is InChI=1S/C6H9O/c1-6-4-2-3-5-7-6/h2-3,6H,1,4-5H2. The summed E-state index contributed by atoms with van der Waals surface area (Å²) in [6.07, 6.45) is 5.29. The molecule has 0 saturated heterocycles. The van der Waals surface area contributed by atoms with E-state index in [1.54, 1.807) is 0 Å². The van der Waals surface area contributed by atoms with Crippen LogP contribution >= 0.6 is 0 Å². The minimum Gasteiger partial charge on any atom is -0.374 e. The summed E-state index contributed by atoms with van der Waals surface area (Å²) < 4.78 is 5.08. The Morgan fingerprint density at radius 2 is 2.43 bits per heavy atom. The lowest BCUT2D eigenvalue weighted by atomic mass is 10.2. The largest absolute Gasteiger partial charge is 0.374 e. The van der Waals surface area contributed by atoms with E-state index < -0.39 is 0 Å². The van der Waals surface area contributed by atoms with Gasteiger partial charge < -0.3 is 4.74 Å². The Hall–Kier alpha value is -0.300. The second kappa shape index (κ2) is 2.12. The van der Waals surface area contributed by atoms with Crippen molar-refractivity contribution < 1.29 is 4.74 Å². The lowest BCUT2D eigenvalue weighted by molar-refractivity contribution is 0.101. The lowest BCUT2D eigenvalue weighted by Crippen LogP contribution is -2.10. The van der Waals surface area contributed by atoms with Gasteiger partial charge in [0.05, 0.1) is 12.7 Å². The smallest absolute Gasteiger partial charge is 0.0651 e.